The third kappa shape index (κ3) is 47.8. The van der Waals surface area contributed by atoms with Crippen molar-refractivity contribution >= 4 is 11.9 Å². The highest BCUT2D eigenvalue weighted by Gasteiger charge is 2.20. The molecule has 0 radical (unpaired) electrons. The van der Waals surface area contributed by atoms with Gasteiger partial charge in [0.1, 0.15) is 0 Å². The Kier molecular flexibility index (Phi) is 50.6. The van der Waals surface area contributed by atoms with E-state index in [1.54, 1.807) is 0 Å². The van der Waals surface area contributed by atoms with Crippen molar-refractivity contribution in [1.82, 2.24) is 5.32 Å². The average molecular weight is 874 g/mol. The van der Waals surface area contributed by atoms with Crippen molar-refractivity contribution in [2.24, 2.45) is 0 Å². The summed E-state index contributed by atoms with van der Waals surface area (Å²) in [6, 6.07) is -0.553. The number of hydrogen-bond acceptors (Lipinski definition) is 5. The van der Waals surface area contributed by atoms with Crippen molar-refractivity contribution in [2.45, 2.75) is 309 Å². The van der Waals surface area contributed by atoms with E-state index in [1.807, 2.05) is 0 Å². The van der Waals surface area contributed by atoms with E-state index >= 15 is 0 Å². The topological polar surface area (TPSA) is 95.9 Å². The molecule has 0 bridgehead atoms. The van der Waals surface area contributed by atoms with Crippen LogP contribution in [0, 0.1) is 0 Å². The molecule has 0 aromatic heterocycles. The summed E-state index contributed by atoms with van der Waals surface area (Å²) in [7, 11) is 0. The minimum absolute atomic E-state index is 0.0138. The molecule has 6 heteroatoms. The van der Waals surface area contributed by atoms with Gasteiger partial charge >= 0.3 is 5.97 Å². The average Bonchev–Trinajstić information content (AvgIpc) is 3.27. The molecule has 0 aliphatic rings. The smallest absolute Gasteiger partial charge is 0.305 e. The molecule has 366 valence electrons. The molecule has 2 atom stereocenters. The first-order valence-corrected chi connectivity index (χ1v) is 27.6. The third-order valence-corrected chi connectivity index (χ3v) is 12.8. The molecule has 0 fully saturated rings. The largest absolute Gasteiger partial charge is 0.466 e. The predicted octanol–water partition coefficient (Wildman–Crippen LogP) is 16.7. The molecule has 0 aromatic carbocycles. The number of aliphatic hydroxyl groups is 2. The van der Waals surface area contributed by atoms with Crippen molar-refractivity contribution in [3.63, 3.8) is 0 Å². The van der Waals surface area contributed by atoms with Gasteiger partial charge in [-0.25, -0.2) is 0 Å². The Morgan fingerprint density at radius 3 is 1.23 bits per heavy atom. The Morgan fingerprint density at radius 1 is 0.452 bits per heavy atom. The van der Waals surface area contributed by atoms with E-state index in [0.717, 1.165) is 83.5 Å². The summed E-state index contributed by atoms with van der Waals surface area (Å²) in [4.78, 5) is 24.5. The SMILES string of the molecule is CCCCCCCCCCCCCCCCCC(O)C(CO)NC(=O)CCCCCCCCC/C=C\C/C=C\CCCCCOC(=O)CCCCCCCCCCCCCCC. The lowest BCUT2D eigenvalue weighted by molar-refractivity contribution is -0.143. The third-order valence-electron chi connectivity index (χ3n) is 12.8. The first kappa shape index (κ1) is 60.3. The van der Waals surface area contributed by atoms with E-state index in [9.17, 15) is 19.8 Å². The molecular formula is C56H107NO5. The lowest BCUT2D eigenvalue weighted by Gasteiger charge is -2.22. The Labute approximate surface area is 386 Å². The molecule has 0 heterocycles. The molecule has 2 unspecified atom stereocenters. The van der Waals surface area contributed by atoms with Crippen LogP contribution in [0.5, 0.6) is 0 Å². The van der Waals surface area contributed by atoms with Crippen LogP contribution in [0.25, 0.3) is 0 Å². The summed E-state index contributed by atoms with van der Waals surface area (Å²) < 4.78 is 5.44. The van der Waals surface area contributed by atoms with Crippen LogP contribution in [0.15, 0.2) is 24.3 Å². The quantitative estimate of drug-likeness (QED) is 0.0321. The number of carbonyl (C=O) groups is 2. The van der Waals surface area contributed by atoms with Gasteiger partial charge in [0.25, 0.3) is 0 Å². The highest BCUT2D eigenvalue weighted by Crippen LogP contribution is 2.17. The summed E-state index contributed by atoms with van der Waals surface area (Å²) in [5.74, 6) is -0.0639. The number of unbranched alkanes of at least 4 members (excludes halogenated alkanes) is 36. The standard InChI is InChI=1S/C56H107NO5/c1-3-5-7-9-11-13-15-17-21-25-28-32-36-40-44-48-54(59)53(52-58)57-55(60)49-45-41-37-33-29-26-22-19-18-20-23-27-31-35-39-43-47-51-62-56(61)50-46-42-38-34-30-24-16-14-12-10-8-6-4-2/h18,20,27,31,53-54,58-59H,3-17,19,21-26,28-30,32-52H2,1-2H3,(H,57,60)/b20-18-,31-27-. The lowest BCUT2D eigenvalue weighted by Crippen LogP contribution is -2.45. The van der Waals surface area contributed by atoms with E-state index in [1.165, 1.54) is 180 Å². The summed E-state index contributed by atoms with van der Waals surface area (Å²) in [6.45, 7) is 4.92. The van der Waals surface area contributed by atoms with Gasteiger partial charge in [0.05, 0.1) is 25.4 Å². The highest BCUT2D eigenvalue weighted by atomic mass is 16.5. The van der Waals surface area contributed by atoms with Gasteiger partial charge in [-0.2, -0.15) is 0 Å². The molecule has 6 nitrogen and oxygen atoms in total. The Hall–Kier alpha value is -1.66. The summed E-state index contributed by atoms with van der Waals surface area (Å²) in [5.41, 5.74) is 0. The second kappa shape index (κ2) is 52.0. The second-order valence-corrected chi connectivity index (χ2v) is 18.9. The van der Waals surface area contributed by atoms with Crippen molar-refractivity contribution < 1.29 is 24.5 Å². The zero-order chi connectivity index (χ0) is 45.1. The van der Waals surface area contributed by atoms with Crippen molar-refractivity contribution in [1.29, 1.82) is 0 Å². The number of rotatable bonds is 51. The Balaban J connectivity index is 3.50. The number of allylic oxidation sites excluding steroid dienone is 4. The molecule has 3 N–H and O–H groups in total. The van der Waals surface area contributed by atoms with Crippen molar-refractivity contribution in [3.05, 3.63) is 24.3 Å². The lowest BCUT2D eigenvalue weighted by atomic mass is 10.0. The van der Waals surface area contributed by atoms with E-state index in [4.69, 9.17) is 4.74 Å². The minimum Gasteiger partial charge on any atom is -0.466 e. The van der Waals surface area contributed by atoms with Gasteiger partial charge in [-0.1, -0.05) is 244 Å². The van der Waals surface area contributed by atoms with Gasteiger partial charge < -0.3 is 20.3 Å². The van der Waals surface area contributed by atoms with Crippen molar-refractivity contribution in [3.8, 4) is 0 Å². The van der Waals surface area contributed by atoms with Crippen LogP contribution in [0.1, 0.15) is 296 Å². The zero-order valence-corrected chi connectivity index (χ0v) is 41.6. The van der Waals surface area contributed by atoms with E-state index in [-0.39, 0.29) is 18.5 Å². The number of amides is 1. The second-order valence-electron chi connectivity index (χ2n) is 18.9. The number of hydrogen-bond donors (Lipinski definition) is 3. The van der Waals surface area contributed by atoms with E-state index in [0.29, 0.717) is 25.9 Å². The zero-order valence-electron chi connectivity index (χ0n) is 41.6. The van der Waals surface area contributed by atoms with Gasteiger partial charge in [0, 0.05) is 12.8 Å². The van der Waals surface area contributed by atoms with Crippen LogP contribution in [0.4, 0.5) is 0 Å². The molecule has 0 spiro atoms. The fraction of sp³-hybridized carbons (Fsp3) is 0.893. The summed E-state index contributed by atoms with van der Waals surface area (Å²) in [5, 5.41) is 23.2. The fourth-order valence-corrected chi connectivity index (χ4v) is 8.49. The number of ether oxygens (including phenoxy) is 1. The van der Waals surface area contributed by atoms with Crippen molar-refractivity contribution in [2.75, 3.05) is 13.2 Å². The van der Waals surface area contributed by atoms with E-state index < -0.39 is 12.1 Å². The summed E-state index contributed by atoms with van der Waals surface area (Å²) >= 11 is 0. The highest BCUT2D eigenvalue weighted by molar-refractivity contribution is 5.76. The Morgan fingerprint density at radius 2 is 0.806 bits per heavy atom. The maximum Gasteiger partial charge on any atom is 0.305 e. The fourth-order valence-electron chi connectivity index (χ4n) is 8.49. The van der Waals surface area contributed by atoms with Crippen LogP contribution in [-0.4, -0.2) is 47.4 Å². The number of nitrogens with one attached hydrogen (secondary N) is 1. The van der Waals surface area contributed by atoms with Gasteiger partial charge in [-0.05, 0) is 64.2 Å². The van der Waals surface area contributed by atoms with Gasteiger partial charge in [0.2, 0.25) is 5.91 Å². The van der Waals surface area contributed by atoms with Crippen LogP contribution in [0.3, 0.4) is 0 Å². The molecular weight excluding hydrogens is 767 g/mol. The number of carbonyl (C=O) groups excluding carboxylic acids is 2. The maximum absolute atomic E-state index is 12.5. The van der Waals surface area contributed by atoms with Gasteiger partial charge in [-0.3, -0.25) is 9.59 Å². The molecule has 0 saturated heterocycles. The molecule has 0 aliphatic carbocycles. The van der Waals surface area contributed by atoms with Gasteiger partial charge in [-0.15, -0.1) is 0 Å². The monoisotopic (exact) mass is 874 g/mol. The first-order valence-electron chi connectivity index (χ1n) is 27.6. The molecule has 1 amide bonds. The van der Waals surface area contributed by atoms with Crippen LogP contribution >= 0.6 is 0 Å². The number of esters is 1. The van der Waals surface area contributed by atoms with Gasteiger partial charge in [0.15, 0.2) is 0 Å². The molecule has 62 heavy (non-hydrogen) atoms. The molecule has 0 aliphatic heterocycles. The first-order chi connectivity index (χ1) is 30.5. The maximum atomic E-state index is 12.5. The van der Waals surface area contributed by atoms with Crippen LogP contribution in [-0.2, 0) is 14.3 Å². The number of aliphatic hydroxyl groups excluding tert-OH is 2. The summed E-state index contributed by atoms with van der Waals surface area (Å²) in [6.07, 6.45) is 61.6. The van der Waals surface area contributed by atoms with Crippen LogP contribution in [0.2, 0.25) is 0 Å². The Bertz CT molecular complexity index is 966. The molecule has 0 saturated carbocycles. The predicted molar refractivity (Wildman–Crippen MR) is 269 cm³/mol. The minimum atomic E-state index is -0.674. The normalized spacial score (nSPS) is 12.8. The van der Waals surface area contributed by atoms with E-state index in [2.05, 4.69) is 43.5 Å². The molecule has 0 rings (SSSR count). The molecule has 0 aromatic rings. The van der Waals surface area contributed by atoms with Crippen LogP contribution < -0.4 is 5.32 Å².